The second kappa shape index (κ2) is 4.61. The monoisotopic (exact) mass is 185 g/mol. The van der Waals surface area contributed by atoms with Crippen LogP contribution in [0.4, 0.5) is 0 Å². The van der Waals surface area contributed by atoms with Crippen molar-refractivity contribution in [2.24, 2.45) is 11.8 Å². The van der Waals surface area contributed by atoms with Crippen molar-refractivity contribution in [3.8, 4) is 0 Å². The molecule has 1 heterocycles. The lowest BCUT2D eigenvalue weighted by molar-refractivity contribution is -0.147. The van der Waals surface area contributed by atoms with Crippen LogP contribution in [0.2, 0.25) is 0 Å². The lowest BCUT2D eigenvalue weighted by atomic mass is 9.98. The zero-order chi connectivity index (χ0) is 9.84. The summed E-state index contributed by atoms with van der Waals surface area (Å²) in [5.41, 5.74) is 0. The van der Waals surface area contributed by atoms with Crippen molar-refractivity contribution in [2.45, 2.75) is 33.2 Å². The van der Waals surface area contributed by atoms with Crippen molar-refractivity contribution in [1.82, 2.24) is 5.32 Å². The van der Waals surface area contributed by atoms with Gasteiger partial charge in [-0.25, -0.2) is 0 Å². The van der Waals surface area contributed by atoms with Gasteiger partial charge in [0.25, 0.3) is 0 Å². The van der Waals surface area contributed by atoms with E-state index in [4.69, 9.17) is 4.74 Å². The number of carbonyl (C=O) groups is 1. The van der Waals surface area contributed by atoms with E-state index >= 15 is 0 Å². The Morgan fingerprint density at radius 2 is 2.31 bits per heavy atom. The highest BCUT2D eigenvalue weighted by Gasteiger charge is 2.31. The van der Waals surface area contributed by atoms with Crippen molar-refractivity contribution in [3.63, 3.8) is 0 Å². The minimum absolute atomic E-state index is 0.0434. The summed E-state index contributed by atoms with van der Waals surface area (Å²) in [5, 5.41) is 3.34. The Morgan fingerprint density at radius 1 is 1.62 bits per heavy atom. The summed E-state index contributed by atoms with van der Waals surface area (Å²) >= 11 is 0. The summed E-state index contributed by atoms with van der Waals surface area (Å²) in [7, 11) is 0. The van der Waals surface area contributed by atoms with Crippen LogP contribution in [-0.4, -0.2) is 25.2 Å². The molecule has 1 saturated heterocycles. The molecular weight excluding hydrogens is 166 g/mol. The molecule has 1 rings (SSSR count). The molecule has 0 aromatic rings. The third-order valence-corrected chi connectivity index (χ3v) is 2.59. The Labute approximate surface area is 79.8 Å². The minimum atomic E-state index is -0.0434. The number of esters is 1. The lowest BCUT2D eigenvalue weighted by Crippen LogP contribution is -2.26. The smallest absolute Gasteiger partial charge is 0.310 e. The fourth-order valence-electron chi connectivity index (χ4n) is 1.71. The van der Waals surface area contributed by atoms with Crippen LogP contribution in [-0.2, 0) is 9.53 Å². The maximum atomic E-state index is 11.4. The molecule has 0 aliphatic carbocycles. The molecule has 1 unspecified atom stereocenters. The summed E-state index contributed by atoms with van der Waals surface area (Å²) in [5.74, 6) is 0.630. The molecule has 1 aliphatic rings. The third kappa shape index (κ3) is 2.69. The Kier molecular flexibility index (Phi) is 3.72. The van der Waals surface area contributed by atoms with E-state index < -0.39 is 0 Å². The zero-order valence-electron chi connectivity index (χ0n) is 8.67. The molecule has 2 atom stereocenters. The van der Waals surface area contributed by atoms with Gasteiger partial charge in [-0.1, -0.05) is 13.8 Å². The van der Waals surface area contributed by atoms with Crippen LogP contribution < -0.4 is 5.32 Å². The molecule has 1 fully saturated rings. The standard InChI is InChI=1S/C10H19NO2/c1-4-13-10(12)8-5-9(7(2)3)11-6-8/h7-9,11H,4-6H2,1-3H3/t8-,9?/m1/s1. The van der Waals surface area contributed by atoms with Gasteiger partial charge in [-0.05, 0) is 19.3 Å². The SMILES string of the molecule is CCOC(=O)[C@H]1CNC(C(C)C)C1. The molecule has 0 bridgehead atoms. The van der Waals surface area contributed by atoms with Crippen LogP contribution >= 0.6 is 0 Å². The van der Waals surface area contributed by atoms with Gasteiger partial charge in [0.1, 0.15) is 0 Å². The molecule has 3 heteroatoms. The molecule has 0 aromatic carbocycles. The first-order chi connectivity index (χ1) is 6.15. The molecule has 1 N–H and O–H groups in total. The highest BCUT2D eigenvalue weighted by atomic mass is 16.5. The van der Waals surface area contributed by atoms with E-state index in [1.165, 1.54) is 0 Å². The predicted molar refractivity (Wildman–Crippen MR) is 51.4 cm³/mol. The van der Waals surface area contributed by atoms with Crippen LogP contribution in [0.3, 0.4) is 0 Å². The number of carbonyl (C=O) groups excluding carboxylic acids is 1. The van der Waals surface area contributed by atoms with Gasteiger partial charge in [0.05, 0.1) is 12.5 Å². The maximum Gasteiger partial charge on any atom is 0.310 e. The van der Waals surface area contributed by atoms with Crippen LogP contribution in [0.5, 0.6) is 0 Å². The largest absolute Gasteiger partial charge is 0.466 e. The van der Waals surface area contributed by atoms with Crippen molar-refractivity contribution >= 4 is 5.97 Å². The number of ether oxygens (including phenoxy) is 1. The van der Waals surface area contributed by atoms with Gasteiger partial charge >= 0.3 is 5.97 Å². The first-order valence-corrected chi connectivity index (χ1v) is 5.05. The first kappa shape index (κ1) is 10.5. The normalized spacial score (nSPS) is 28.0. The van der Waals surface area contributed by atoms with Gasteiger partial charge in [0, 0.05) is 12.6 Å². The second-order valence-electron chi connectivity index (χ2n) is 3.94. The number of nitrogens with one attached hydrogen (secondary N) is 1. The third-order valence-electron chi connectivity index (χ3n) is 2.59. The van der Waals surface area contributed by atoms with Crippen molar-refractivity contribution < 1.29 is 9.53 Å². The van der Waals surface area contributed by atoms with Gasteiger partial charge < -0.3 is 10.1 Å². The topological polar surface area (TPSA) is 38.3 Å². The number of hydrogen-bond acceptors (Lipinski definition) is 3. The Morgan fingerprint density at radius 3 is 2.77 bits per heavy atom. The Hall–Kier alpha value is -0.570. The van der Waals surface area contributed by atoms with Crippen LogP contribution in [0.1, 0.15) is 27.2 Å². The molecule has 0 amide bonds. The molecule has 0 aromatic heterocycles. The van der Waals surface area contributed by atoms with E-state index in [0.717, 1.165) is 13.0 Å². The van der Waals surface area contributed by atoms with Gasteiger partial charge in [0.2, 0.25) is 0 Å². The van der Waals surface area contributed by atoms with Crippen molar-refractivity contribution in [3.05, 3.63) is 0 Å². The molecule has 13 heavy (non-hydrogen) atoms. The van der Waals surface area contributed by atoms with E-state index in [2.05, 4.69) is 19.2 Å². The summed E-state index contributed by atoms with van der Waals surface area (Å²) in [6, 6.07) is 0.481. The summed E-state index contributed by atoms with van der Waals surface area (Å²) in [4.78, 5) is 11.4. The predicted octanol–water partition coefficient (Wildman–Crippen LogP) is 1.18. The van der Waals surface area contributed by atoms with Crippen molar-refractivity contribution in [1.29, 1.82) is 0 Å². The van der Waals surface area contributed by atoms with E-state index in [-0.39, 0.29) is 11.9 Å². The first-order valence-electron chi connectivity index (χ1n) is 5.05. The zero-order valence-corrected chi connectivity index (χ0v) is 8.67. The van der Waals surface area contributed by atoms with E-state index in [1.54, 1.807) is 0 Å². The molecule has 1 aliphatic heterocycles. The maximum absolute atomic E-state index is 11.4. The Balaban J connectivity index is 2.36. The Bertz CT molecular complexity index is 180. The van der Waals surface area contributed by atoms with Gasteiger partial charge in [-0.15, -0.1) is 0 Å². The average molecular weight is 185 g/mol. The lowest BCUT2D eigenvalue weighted by Gasteiger charge is -2.13. The number of rotatable bonds is 3. The number of hydrogen-bond donors (Lipinski definition) is 1. The minimum Gasteiger partial charge on any atom is -0.466 e. The average Bonchev–Trinajstić information content (AvgIpc) is 2.52. The molecule has 3 nitrogen and oxygen atoms in total. The summed E-state index contributed by atoms with van der Waals surface area (Å²) < 4.78 is 4.97. The molecule has 0 radical (unpaired) electrons. The van der Waals surface area contributed by atoms with E-state index in [1.807, 2.05) is 6.92 Å². The summed E-state index contributed by atoms with van der Waals surface area (Å²) in [6.45, 7) is 7.46. The molecule has 0 spiro atoms. The van der Waals surface area contributed by atoms with Crippen LogP contribution in [0.15, 0.2) is 0 Å². The van der Waals surface area contributed by atoms with Crippen LogP contribution in [0, 0.1) is 11.8 Å². The van der Waals surface area contributed by atoms with Crippen LogP contribution in [0.25, 0.3) is 0 Å². The summed E-state index contributed by atoms with van der Waals surface area (Å²) in [6.07, 6.45) is 0.927. The molecular formula is C10H19NO2. The second-order valence-corrected chi connectivity index (χ2v) is 3.94. The highest BCUT2D eigenvalue weighted by molar-refractivity contribution is 5.73. The van der Waals surface area contributed by atoms with Gasteiger partial charge in [-0.3, -0.25) is 4.79 Å². The van der Waals surface area contributed by atoms with E-state index in [0.29, 0.717) is 18.6 Å². The molecule has 0 saturated carbocycles. The fourth-order valence-corrected chi connectivity index (χ4v) is 1.71. The molecule has 76 valence electrons. The van der Waals surface area contributed by atoms with E-state index in [9.17, 15) is 4.79 Å². The van der Waals surface area contributed by atoms with Gasteiger partial charge in [-0.2, -0.15) is 0 Å². The quantitative estimate of drug-likeness (QED) is 0.671. The van der Waals surface area contributed by atoms with Crippen molar-refractivity contribution in [2.75, 3.05) is 13.2 Å². The fraction of sp³-hybridized carbons (Fsp3) is 0.900. The highest BCUT2D eigenvalue weighted by Crippen LogP contribution is 2.20. The van der Waals surface area contributed by atoms with Gasteiger partial charge in [0.15, 0.2) is 0 Å².